The summed E-state index contributed by atoms with van der Waals surface area (Å²) < 4.78 is 7.91. The molecule has 2 aromatic carbocycles. The minimum absolute atomic E-state index is 0.122. The van der Waals surface area contributed by atoms with Gasteiger partial charge in [-0.25, -0.2) is 4.98 Å². The molecule has 1 aromatic heterocycles. The minimum atomic E-state index is -0.628. The Balaban J connectivity index is 1.84. The molecule has 0 amide bonds. The van der Waals surface area contributed by atoms with Crippen LogP contribution in [-0.2, 0) is 21.5 Å². The van der Waals surface area contributed by atoms with Gasteiger partial charge in [0.1, 0.15) is 16.8 Å². The normalized spacial score (nSPS) is 24.0. The molecule has 0 radical (unpaired) electrons. The molecule has 1 saturated heterocycles. The molecule has 5 rings (SSSR count). The minimum Gasteiger partial charge on any atom is -0.459 e. The Bertz CT molecular complexity index is 1000. The summed E-state index contributed by atoms with van der Waals surface area (Å²) in [5, 5.41) is 0. The van der Waals surface area contributed by atoms with Gasteiger partial charge in [-0.3, -0.25) is 4.79 Å². The van der Waals surface area contributed by atoms with Crippen molar-refractivity contribution in [2.24, 2.45) is 0 Å². The van der Waals surface area contributed by atoms with Crippen molar-refractivity contribution in [3.63, 3.8) is 0 Å². The highest BCUT2D eigenvalue weighted by Crippen LogP contribution is 2.50. The number of cyclic esters (lactones) is 1. The molecular formula is C20H18N2O2. The fraction of sp³-hybridized carbons (Fsp3) is 0.300. The Morgan fingerprint density at radius 2 is 1.83 bits per heavy atom. The summed E-state index contributed by atoms with van der Waals surface area (Å²) in [4.78, 5) is 17.8. The first-order valence-corrected chi connectivity index (χ1v) is 8.29. The maximum atomic E-state index is 12.9. The molecule has 2 aliphatic heterocycles. The van der Waals surface area contributed by atoms with E-state index in [1.807, 2.05) is 44.2 Å². The number of hydrogen-bond acceptors (Lipinski definition) is 3. The molecule has 0 saturated carbocycles. The fourth-order valence-corrected chi connectivity index (χ4v) is 4.40. The summed E-state index contributed by atoms with van der Waals surface area (Å²) in [5.74, 6) is 0.818. The van der Waals surface area contributed by atoms with Gasteiger partial charge < -0.3 is 9.30 Å². The zero-order valence-corrected chi connectivity index (χ0v) is 13.7. The SMILES string of the molecule is CC1(C)CC2(Cn3c(nc4ccccc43)-c3ccccc32)C(=O)O1. The zero-order valence-electron chi connectivity index (χ0n) is 13.7. The van der Waals surface area contributed by atoms with Crippen molar-refractivity contribution in [3.8, 4) is 11.4 Å². The first-order valence-electron chi connectivity index (χ1n) is 8.29. The first kappa shape index (κ1) is 13.8. The van der Waals surface area contributed by atoms with Gasteiger partial charge >= 0.3 is 5.97 Å². The maximum absolute atomic E-state index is 12.9. The quantitative estimate of drug-likeness (QED) is 0.594. The number of esters is 1. The molecule has 1 unspecified atom stereocenters. The summed E-state index contributed by atoms with van der Waals surface area (Å²) >= 11 is 0. The molecular weight excluding hydrogens is 300 g/mol. The lowest BCUT2D eigenvalue weighted by atomic mass is 9.72. The summed E-state index contributed by atoms with van der Waals surface area (Å²) in [6.07, 6.45) is 0.682. The number of carbonyl (C=O) groups is 1. The monoisotopic (exact) mass is 318 g/mol. The number of imidazole rings is 1. The predicted octanol–water partition coefficient (Wildman–Crippen LogP) is 3.68. The lowest BCUT2D eigenvalue weighted by molar-refractivity contribution is -0.150. The summed E-state index contributed by atoms with van der Waals surface area (Å²) in [6, 6.07) is 16.2. The van der Waals surface area contributed by atoms with Gasteiger partial charge in [0.15, 0.2) is 0 Å². The van der Waals surface area contributed by atoms with Crippen molar-refractivity contribution in [1.29, 1.82) is 0 Å². The van der Waals surface area contributed by atoms with E-state index in [1.54, 1.807) is 0 Å². The molecule has 4 heteroatoms. The second kappa shape index (κ2) is 4.26. The number of benzene rings is 2. The largest absolute Gasteiger partial charge is 0.459 e. The van der Waals surface area contributed by atoms with E-state index in [1.165, 1.54) is 0 Å². The van der Waals surface area contributed by atoms with Gasteiger partial charge in [-0.1, -0.05) is 36.4 Å². The van der Waals surface area contributed by atoms with Gasteiger partial charge in [-0.15, -0.1) is 0 Å². The summed E-state index contributed by atoms with van der Waals surface area (Å²) in [6.45, 7) is 4.57. The van der Waals surface area contributed by atoms with Crippen LogP contribution in [0, 0.1) is 0 Å². The van der Waals surface area contributed by atoms with Crippen LogP contribution in [0.1, 0.15) is 25.8 Å². The van der Waals surface area contributed by atoms with Crippen molar-refractivity contribution in [2.45, 2.75) is 37.8 Å². The number of ether oxygens (including phenoxy) is 1. The Labute approximate surface area is 140 Å². The molecule has 0 N–H and O–H groups in total. The van der Waals surface area contributed by atoms with Crippen LogP contribution in [0.5, 0.6) is 0 Å². The number of aromatic nitrogens is 2. The van der Waals surface area contributed by atoms with E-state index in [2.05, 4.69) is 22.8 Å². The standard InChI is InChI=1S/C20H18N2O2/c1-19(2)11-20(18(23)24-19)12-22-16-10-6-5-9-15(16)21-17(22)13-7-3-4-8-14(13)20/h3-10H,11-12H2,1-2H3. The molecule has 3 aromatic rings. The van der Waals surface area contributed by atoms with Crippen molar-refractivity contribution in [1.82, 2.24) is 9.55 Å². The number of hydrogen-bond donors (Lipinski definition) is 0. The average molecular weight is 318 g/mol. The first-order chi connectivity index (χ1) is 11.5. The third-order valence-corrected chi connectivity index (χ3v) is 5.25. The van der Waals surface area contributed by atoms with E-state index in [-0.39, 0.29) is 5.97 Å². The van der Waals surface area contributed by atoms with Gasteiger partial charge in [0, 0.05) is 18.5 Å². The Morgan fingerprint density at radius 1 is 1.08 bits per heavy atom. The van der Waals surface area contributed by atoms with Crippen molar-refractivity contribution in [3.05, 3.63) is 54.1 Å². The van der Waals surface area contributed by atoms with Crippen LogP contribution in [0.15, 0.2) is 48.5 Å². The number of carbonyl (C=O) groups excluding carboxylic acids is 1. The Morgan fingerprint density at radius 3 is 2.62 bits per heavy atom. The van der Waals surface area contributed by atoms with Crippen LogP contribution in [0.4, 0.5) is 0 Å². The predicted molar refractivity (Wildman–Crippen MR) is 91.6 cm³/mol. The Hall–Kier alpha value is -2.62. The molecule has 0 bridgehead atoms. The molecule has 120 valence electrons. The summed E-state index contributed by atoms with van der Waals surface area (Å²) in [7, 11) is 0. The number of rotatable bonds is 0. The molecule has 24 heavy (non-hydrogen) atoms. The maximum Gasteiger partial charge on any atom is 0.319 e. The highest BCUT2D eigenvalue weighted by Gasteiger charge is 2.56. The van der Waals surface area contributed by atoms with E-state index in [0.717, 1.165) is 28.0 Å². The van der Waals surface area contributed by atoms with Gasteiger partial charge in [0.2, 0.25) is 0 Å². The lowest BCUT2D eigenvalue weighted by Crippen LogP contribution is -2.40. The van der Waals surface area contributed by atoms with Gasteiger partial charge in [0.05, 0.1) is 11.0 Å². The molecule has 2 aliphatic rings. The van der Waals surface area contributed by atoms with Crippen LogP contribution >= 0.6 is 0 Å². The molecule has 1 fully saturated rings. The molecule has 1 atom stereocenters. The van der Waals surface area contributed by atoms with E-state index in [0.29, 0.717) is 13.0 Å². The molecule has 3 heterocycles. The van der Waals surface area contributed by atoms with Crippen molar-refractivity contribution < 1.29 is 9.53 Å². The third kappa shape index (κ3) is 1.63. The van der Waals surface area contributed by atoms with Gasteiger partial charge in [-0.2, -0.15) is 0 Å². The van der Waals surface area contributed by atoms with Crippen LogP contribution in [0.3, 0.4) is 0 Å². The second-order valence-electron chi connectivity index (χ2n) is 7.46. The van der Waals surface area contributed by atoms with E-state index in [9.17, 15) is 4.79 Å². The molecule has 0 aliphatic carbocycles. The fourth-order valence-electron chi connectivity index (χ4n) is 4.40. The van der Waals surface area contributed by atoms with Crippen LogP contribution < -0.4 is 0 Å². The van der Waals surface area contributed by atoms with Crippen molar-refractivity contribution >= 4 is 17.0 Å². The Kier molecular flexibility index (Phi) is 2.45. The zero-order chi connectivity index (χ0) is 16.5. The average Bonchev–Trinajstić information content (AvgIpc) is 3.03. The van der Waals surface area contributed by atoms with Crippen LogP contribution in [-0.4, -0.2) is 21.1 Å². The third-order valence-electron chi connectivity index (χ3n) is 5.25. The van der Waals surface area contributed by atoms with E-state index >= 15 is 0 Å². The van der Waals surface area contributed by atoms with Crippen LogP contribution in [0.2, 0.25) is 0 Å². The topological polar surface area (TPSA) is 44.1 Å². The van der Waals surface area contributed by atoms with Gasteiger partial charge in [-0.05, 0) is 31.5 Å². The van der Waals surface area contributed by atoms with E-state index in [4.69, 9.17) is 9.72 Å². The number of fused-ring (bicyclic) bond motifs is 6. The number of nitrogens with zero attached hydrogens (tertiary/aromatic N) is 2. The molecule has 1 spiro atoms. The highest BCUT2D eigenvalue weighted by molar-refractivity contribution is 5.92. The van der Waals surface area contributed by atoms with Crippen molar-refractivity contribution in [2.75, 3.05) is 0 Å². The number of para-hydroxylation sites is 2. The second-order valence-corrected chi connectivity index (χ2v) is 7.46. The summed E-state index contributed by atoms with van der Waals surface area (Å²) in [5.41, 5.74) is 3.04. The van der Waals surface area contributed by atoms with E-state index < -0.39 is 11.0 Å². The molecule has 4 nitrogen and oxygen atoms in total. The smallest absolute Gasteiger partial charge is 0.319 e. The van der Waals surface area contributed by atoms with Crippen LogP contribution in [0.25, 0.3) is 22.4 Å². The lowest BCUT2D eigenvalue weighted by Gasteiger charge is -2.33. The highest BCUT2D eigenvalue weighted by atomic mass is 16.6. The van der Waals surface area contributed by atoms with Gasteiger partial charge in [0.25, 0.3) is 0 Å².